The topological polar surface area (TPSA) is 0 Å². The van der Waals surface area contributed by atoms with Crippen LogP contribution in [0.4, 0.5) is 5.69 Å². The second kappa shape index (κ2) is 5.50. The quantitative estimate of drug-likeness (QED) is 0.538. The van der Waals surface area contributed by atoms with E-state index in [4.69, 9.17) is 0 Å². The van der Waals surface area contributed by atoms with Crippen LogP contribution in [-0.4, -0.2) is 19.6 Å². The normalized spacial score (nSPS) is 20.8. The lowest BCUT2D eigenvalue weighted by atomic mass is 9.92. The Hall–Kier alpha value is -1.08. The van der Waals surface area contributed by atoms with Gasteiger partial charge in [-0.05, 0) is 43.9 Å². The van der Waals surface area contributed by atoms with Gasteiger partial charge in [-0.25, -0.2) is 0 Å². The van der Waals surface area contributed by atoms with Crippen LogP contribution in [0.3, 0.4) is 0 Å². The van der Waals surface area contributed by atoms with Crippen LogP contribution in [0.2, 0.25) is 0 Å². The Balaban J connectivity index is 2.27. The molecule has 1 atom stereocenters. The van der Waals surface area contributed by atoms with Crippen molar-refractivity contribution in [2.75, 3.05) is 13.6 Å². The van der Waals surface area contributed by atoms with E-state index in [1.165, 1.54) is 37.8 Å². The molecule has 0 bridgehead atoms. The first kappa shape index (κ1) is 12.4. The smallest absolute Gasteiger partial charge is 0.133 e. The van der Waals surface area contributed by atoms with Crippen LogP contribution in [0.15, 0.2) is 43.0 Å². The highest BCUT2D eigenvalue weighted by molar-refractivity contribution is 5.43. The summed E-state index contributed by atoms with van der Waals surface area (Å²) < 4.78 is 1.03. The lowest BCUT2D eigenvalue weighted by Gasteiger charge is -2.42. The van der Waals surface area contributed by atoms with E-state index < -0.39 is 0 Å². The maximum absolute atomic E-state index is 3.95. The third-order valence-corrected chi connectivity index (χ3v) is 4.24. The van der Waals surface area contributed by atoms with Gasteiger partial charge < -0.3 is 0 Å². The molecule has 1 fully saturated rings. The standard InChI is InChI=1S/C16H24N/c1-3-14-17(2,15-10-6-4-7-11-15)16-12-8-5-9-13-16/h3-4,6-7,10-11,16H,1,5,8-9,12-14H2,2H3/q+1/t17-/m0/s1. The van der Waals surface area contributed by atoms with E-state index in [9.17, 15) is 0 Å². The van der Waals surface area contributed by atoms with Crippen molar-refractivity contribution in [3.8, 4) is 0 Å². The minimum absolute atomic E-state index is 0.768. The molecule has 92 valence electrons. The molecule has 1 aliphatic carbocycles. The van der Waals surface area contributed by atoms with Crippen LogP contribution in [0.25, 0.3) is 0 Å². The number of rotatable bonds is 4. The predicted molar refractivity (Wildman–Crippen MR) is 76.1 cm³/mol. The summed E-state index contributed by atoms with van der Waals surface area (Å²) >= 11 is 0. The number of para-hydroxylation sites is 1. The summed E-state index contributed by atoms with van der Waals surface area (Å²) in [5, 5.41) is 0. The summed E-state index contributed by atoms with van der Waals surface area (Å²) in [5.74, 6) is 0. The largest absolute Gasteiger partial charge is 0.288 e. The SMILES string of the molecule is C=CC[N@@+](C)(c1ccccc1)C1CCCCC1. The van der Waals surface area contributed by atoms with Crippen LogP contribution >= 0.6 is 0 Å². The monoisotopic (exact) mass is 230 g/mol. The van der Waals surface area contributed by atoms with E-state index >= 15 is 0 Å². The summed E-state index contributed by atoms with van der Waals surface area (Å²) in [6.07, 6.45) is 8.99. The molecule has 0 saturated heterocycles. The van der Waals surface area contributed by atoms with E-state index in [0.717, 1.165) is 17.1 Å². The highest BCUT2D eigenvalue weighted by atomic mass is 15.4. The zero-order chi connectivity index (χ0) is 12.1. The van der Waals surface area contributed by atoms with Crippen LogP contribution < -0.4 is 4.48 Å². The molecular formula is C16H24N+. The van der Waals surface area contributed by atoms with E-state index in [1.807, 2.05) is 0 Å². The van der Waals surface area contributed by atoms with Gasteiger partial charge in [0.25, 0.3) is 0 Å². The van der Waals surface area contributed by atoms with E-state index in [0.29, 0.717) is 0 Å². The molecule has 1 heteroatoms. The van der Waals surface area contributed by atoms with Crippen molar-refractivity contribution in [2.24, 2.45) is 0 Å². The van der Waals surface area contributed by atoms with Crippen LogP contribution in [-0.2, 0) is 0 Å². The highest BCUT2D eigenvalue weighted by Crippen LogP contribution is 2.32. The third kappa shape index (κ3) is 2.61. The van der Waals surface area contributed by atoms with Crippen LogP contribution in [0, 0.1) is 0 Å². The average Bonchev–Trinajstić information content (AvgIpc) is 2.41. The van der Waals surface area contributed by atoms with Gasteiger partial charge in [0, 0.05) is 0 Å². The Morgan fingerprint density at radius 1 is 1.18 bits per heavy atom. The summed E-state index contributed by atoms with van der Waals surface area (Å²) in [7, 11) is 2.37. The molecule has 1 saturated carbocycles. The van der Waals surface area contributed by atoms with Gasteiger partial charge in [0.05, 0.1) is 13.1 Å². The first-order valence-corrected chi connectivity index (χ1v) is 6.79. The fraction of sp³-hybridized carbons (Fsp3) is 0.500. The molecule has 0 aromatic heterocycles. The van der Waals surface area contributed by atoms with E-state index in [-0.39, 0.29) is 0 Å². The lowest BCUT2D eigenvalue weighted by molar-refractivity contribution is 0.210. The van der Waals surface area contributed by atoms with Gasteiger partial charge in [-0.3, -0.25) is 4.48 Å². The van der Waals surface area contributed by atoms with Gasteiger partial charge in [0.2, 0.25) is 0 Å². The highest BCUT2D eigenvalue weighted by Gasteiger charge is 2.34. The first-order valence-electron chi connectivity index (χ1n) is 6.79. The number of nitrogens with zero attached hydrogens (tertiary/aromatic N) is 1. The Bertz CT molecular complexity index is 351. The summed E-state index contributed by atoms with van der Waals surface area (Å²) in [6.45, 7) is 4.99. The molecule has 0 amide bonds. The van der Waals surface area contributed by atoms with Crippen molar-refractivity contribution in [2.45, 2.75) is 38.1 Å². The lowest BCUT2D eigenvalue weighted by Crippen LogP contribution is -2.54. The fourth-order valence-electron chi connectivity index (χ4n) is 3.15. The van der Waals surface area contributed by atoms with Crippen molar-refractivity contribution in [1.82, 2.24) is 4.48 Å². The molecule has 1 aliphatic rings. The van der Waals surface area contributed by atoms with Gasteiger partial charge in [-0.2, -0.15) is 0 Å². The Morgan fingerprint density at radius 2 is 1.82 bits per heavy atom. The second-order valence-electron chi connectivity index (χ2n) is 5.37. The summed E-state index contributed by atoms with van der Waals surface area (Å²) in [6, 6.07) is 11.7. The molecule has 0 radical (unpaired) electrons. The molecule has 0 unspecified atom stereocenters. The summed E-state index contributed by atoms with van der Waals surface area (Å²) in [5.41, 5.74) is 1.43. The Labute approximate surface area is 105 Å². The van der Waals surface area contributed by atoms with Gasteiger partial charge in [-0.1, -0.05) is 31.2 Å². The maximum Gasteiger partial charge on any atom is 0.133 e. The van der Waals surface area contributed by atoms with E-state index in [1.54, 1.807) is 0 Å². The van der Waals surface area contributed by atoms with Crippen molar-refractivity contribution >= 4 is 5.69 Å². The molecule has 1 aromatic carbocycles. The minimum Gasteiger partial charge on any atom is -0.288 e. The number of benzene rings is 1. The first-order chi connectivity index (χ1) is 8.27. The molecule has 1 nitrogen and oxygen atoms in total. The maximum atomic E-state index is 3.95. The second-order valence-corrected chi connectivity index (χ2v) is 5.37. The Kier molecular flexibility index (Phi) is 4.01. The summed E-state index contributed by atoms with van der Waals surface area (Å²) in [4.78, 5) is 0. The zero-order valence-electron chi connectivity index (χ0n) is 10.9. The molecule has 0 heterocycles. The van der Waals surface area contributed by atoms with Gasteiger partial charge in [0.1, 0.15) is 12.2 Å². The minimum atomic E-state index is 0.768. The number of quaternary nitrogens is 1. The van der Waals surface area contributed by atoms with Crippen molar-refractivity contribution in [3.63, 3.8) is 0 Å². The number of likely N-dealkylation sites (N-methyl/N-ethyl adjacent to an activating group) is 1. The van der Waals surface area contributed by atoms with Crippen LogP contribution in [0.1, 0.15) is 32.1 Å². The van der Waals surface area contributed by atoms with Gasteiger partial charge >= 0.3 is 0 Å². The van der Waals surface area contributed by atoms with Gasteiger partial charge in [-0.15, -0.1) is 0 Å². The molecule has 0 N–H and O–H groups in total. The average molecular weight is 230 g/mol. The van der Waals surface area contributed by atoms with Crippen molar-refractivity contribution in [3.05, 3.63) is 43.0 Å². The molecular weight excluding hydrogens is 206 g/mol. The molecule has 0 aliphatic heterocycles. The van der Waals surface area contributed by atoms with Gasteiger partial charge in [0.15, 0.2) is 0 Å². The third-order valence-electron chi connectivity index (χ3n) is 4.24. The molecule has 17 heavy (non-hydrogen) atoms. The zero-order valence-corrected chi connectivity index (χ0v) is 10.9. The van der Waals surface area contributed by atoms with Crippen molar-refractivity contribution in [1.29, 1.82) is 0 Å². The van der Waals surface area contributed by atoms with E-state index in [2.05, 4.69) is 50.0 Å². The molecule has 0 spiro atoms. The number of hydrogen-bond donors (Lipinski definition) is 0. The van der Waals surface area contributed by atoms with Crippen LogP contribution in [0.5, 0.6) is 0 Å². The fourth-order valence-corrected chi connectivity index (χ4v) is 3.15. The molecule has 2 rings (SSSR count). The molecule has 1 aromatic rings. The Morgan fingerprint density at radius 3 is 2.41 bits per heavy atom. The van der Waals surface area contributed by atoms with Crippen molar-refractivity contribution < 1.29 is 0 Å². The number of hydrogen-bond acceptors (Lipinski definition) is 0. The predicted octanol–water partition coefficient (Wildman–Crippen LogP) is 4.14.